The van der Waals surface area contributed by atoms with E-state index in [0.29, 0.717) is 22.8 Å². The number of carbonyl (C=O) groups is 1. The van der Waals surface area contributed by atoms with Crippen molar-refractivity contribution in [2.24, 2.45) is 0 Å². The summed E-state index contributed by atoms with van der Waals surface area (Å²) >= 11 is 0. The Labute approximate surface area is 186 Å². The molecule has 2 bridgehead atoms. The molecule has 2 amide bonds. The van der Waals surface area contributed by atoms with E-state index in [1.54, 1.807) is 41.7 Å². The number of rotatable bonds is 3. The number of sulfone groups is 1. The number of pyridine rings is 3. The van der Waals surface area contributed by atoms with Crippen LogP contribution in [0.4, 0.5) is 22.0 Å². The molecule has 0 aliphatic carbocycles. The van der Waals surface area contributed by atoms with E-state index in [2.05, 4.69) is 20.2 Å². The molecule has 32 heavy (non-hydrogen) atoms. The maximum Gasteiger partial charge on any atom is 0.327 e. The molecule has 5 rings (SSSR count). The number of aromatic nitrogens is 3. The van der Waals surface area contributed by atoms with Crippen LogP contribution in [-0.2, 0) is 9.84 Å². The van der Waals surface area contributed by atoms with E-state index in [4.69, 9.17) is 4.98 Å². The van der Waals surface area contributed by atoms with Crippen LogP contribution in [0.5, 0.6) is 0 Å². The Morgan fingerprint density at radius 3 is 2.81 bits per heavy atom. The van der Waals surface area contributed by atoms with Crippen LogP contribution < -0.4 is 15.1 Å². The molecule has 2 aliphatic rings. The minimum Gasteiger partial charge on any atom is -0.366 e. The summed E-state index contributed by atoms with van der Waals surface area (Å²) in [5, 5.41) is 2.92. The van der Waals surface area contributed by atoms with Gasteiger partial charge in [-0.05, 0) is 43.2 Å². The highest BCUT2D eigenvalue weighted by atomic mass is 32.2. The molecule has 3 aromatic rings. The number of hydrogen-bond acceptors (Lipinski definition) is 7. The highest BCUT2D eigenvalue weighted by Crippen LogP contribution is 2.39. The van der Waals surface area contributed by atoms with E-state index in [9.17, 15) is 13.2 Å². The third-order valence-corrected chi connectivity index (χ3v) is 6.83. The second-order valence-electron chi connectivity index (χ2n) is 8.00. The maximum atomic E-state index is 13.3. The van der Waals surface area contributed by atoms with E-state index in [-0.39, 0.29) is 17.0 Å². The topological polar surface area (TPSA) is 108 Å². The number of carbonyl (C=O) groups excluding carboxylic acids is 1. The standard InChI is InChI=1S/C22H22N6O3S/c1-32(30,31)18-10-15(11-24-13-18)19-6-7-20-21(26-19)28(17-5-3-9-27(20)14-17)22(29)25-16-4-2-8-23-12-16/h2,4,6-8,10-13,17H,3,5,9,14H2,1H3,(H,25,29)/t17-/m0/s1. The molecular formula is C22H22N6O3S. The quantitative estimate of drug-likeness (QED) is 0.653. The molecular weight excluding hydrogens is 428 g/mol. The molecule has 1 atom stereocenters. The highest BCUT2D eigenvalue weighted by Gasteiger charge is 2.38. The summed E-state index contributed by atoms with van der Waals surface area (Å²) in [5.41, 5.74) is 2.63. The lowest BCUT2D eigenvalue weighted by Crippen LogP contribution is -2.56. The van der Waals surface area contributed by atoms with E-state index >= 15 is 0 Å². The van der Waals surface area contributed by atoms with Gasteiger partial charge in [-0.2, -0.15) is 0 Å². The molecule has 9 nitrogen and oxygen atoms in total. The Balaban J connectivity index is 1.57. The molecule has 0 saturated carbocycles. The monoisotopic (exact) mass is 450 g/mol. The Hall–Kier alpha value is -3.53. The SMILES string of the molecule is CS(=O)(=O)c1cncc(-c2ccc3c(n2)N(C(=O)Nc2cccnc2)[C@H]2CCCN3C2)c1. The zero-order valence-corrected chi connectivity index (χ0v) is 18.3. The average molecular weight is 451 g/mol. The number of amides is 2. The van der Waals surface area contributed by atoms with Crippen LogP contribution in [0, 0.1) is 0 Å². The zero-order chi connectivity index (χ0) is 22.3. The second-order valence-corrected chi connectivity index (χ2v) is 10.0. The molecule has 2 aliphatic heterocycles. The van der Waals surface area contributed by atoms with Gasteiger partial charge in [0.25, 0.3) is 0 Å². The lowest BCUT2D eigenvalue weighted by Gasteiger charge is -2.45. The van der Waals surface area contributed by atoms with Crippen molar-refractivity contribution in [1.82, 2.24) is 15.0 Å². The second kappa shape index (κ2) is 7.86. The van der Waals surface area contributed by atoms with Gasteiger partial charge in [0.05, 0.1) is 34.2 Å². The molecule has 164 valence electrons. The summed E-state index contributed by atoms with van der Waals surface area (Å²) in [6, 6.07) is 8.62. The number of nitrogens with one attached hydrogen (secondary N) is 1. The van der Waals surface area contributed by atoms with Crippen LogP contribution in [0.2, 0.25) is 0 Å². The van der Waals surface area contributed by atoms with Gasteiger partial charge in [0, 0.05) is 43.5 Å². The normalized spacial score (nSPS) is 17.6. The van der Waals surface area contributed by atoms with E-state index in [0.717, 1.165) is 37.9 Å². The largest absolute Gasteiger partial charge is 0.366 e. The van der Waals surface area contributed by atoms with Crippen LogP contribution in [0.1, 0.15) is 12.8 Å². The molecule has 1 fully saturated rings. The minimum atomic E-state index is -3.40. The number of fused-ring (bicyclic) bond motifs is 4. The zero-order valence-electron chi connectivity index (χ0n) is 17.5. The van der Waals surface area contributed by atoms with Crippen molar-refractivity contribution in [2.45, 2.75) is 23.8 Å². The maximum absolute atomic E-state index is 13.3. The van der Waals surface area contributed by atoms with E-state index in [1.165, 1.54) is 6.20 Å². The first-order chi connectivity index (χ1) is 15.4. The molecule has 1 N–H and O–H groups in total. The summed E-state index contributed by atoms with van der Waals surface area (Å²) in [6.07, 6.45) is 9.16. The molecule has 3 aromatic heterocycles. The smallest absolute Gasteiger partial charge is 0.327 e. The summed E-state index contributed by atoms with van der Waals surface area (Å²) in [4.78, 5) is 30.3. The average Bonchev–Trinajstić information content (AvgIpc) is 2.79. The van der Waals surface area contributed by atoms with Gasteiger partial charge in [0.15, 0.2) is 15.7 Å². The van der Waals surface area contributed by atoms with Gasteiger partial charge < -0.3 is 10.2 Å². The third-order valence-electron chi connectivity index (χ3n) is 5.75. The molecule has 0 aromatic carbocycles. The molecule has 1 saturated heterocycles. The van der Waals surface area contributed by atoms with Crippen LogP contribution in [0.25, 0.3) is 11.3 Å². The lowest BCUT2D eigenvalue weighted by molar-refractivity contribution is 0.252. The molecule has 0 spiro atoms. The Bertz CT molecular complexity index is 1280. The summed E-state index contributed by atoms with van der Waals surface area (Å²) < 4.78 is 23.9. The Morgan fingerprint density at radius 1 is 1.16 bits per heavy atom. The van der Waals surface area contributed by atoms with Gasteiger partial charge in [-0.1, -0.05) is 0 Å². The van der Waals surface area contributed by atoms with Crippen molar-refractivity contribution in [2.75, 3.05) is 34.5 Å². The number of urea groups is 1. The van der Waals surface area contributed by atoms with Crippen molar-refractivity contribution < 1.29 is 13.2 Å². The summed E-state index contributed by atoms with van der Waals surface area (Å²) in [5.74, 6) is 0.560. The first-order valence-corrected chi connectivity index (χ1v) is 12.2. The van der Waals surface area contributed by atoms with Crippen LogP contribution in [0.15, 0.2) is 60.0 Å². The fourth-order valence-electron chi connectivity index (χ4n) is 4.23. The fraction of sp³-hybridized carbons (Fsp3) is 0.273. The lowest BCUT2D eigenvalue weighted by atomic mass is 9.99. The van der Waals surface area contributed by atoms with Crippen LogP contribution in [-0.4, -0.2) is 54.8 Å². The Kier molecular flexibility index (Phi) is 5.01. The van der Waals surface area contributed by atoms with Gasteiger partial charge in [0.2, 0.25) is 0 Å². The number of piperidine rings is 1. The molecule has 0 radical (unpaired) electrons. The number of hydrogen-bond donors (Lipinski definition) is 1. The van der Waals surface area contributed by atoms with E-state index < -0.39 is 9.84 Å². The van der Waals surface area contributed by atoms with Gasteiger partial charge >= 0.3 is 6.03 Å². The Morgan fingerprint density at radius 2 is 2.03 bits per heavy atom. The first-order valence-electron chi connectivity index (χ1n) is 10.3. The fourth-order valence-corrected chi connectivity index (χ4v) is 4.82. The van der Waals surface area contributed by atoms with Crippen molar-refractivity contribution in [1.29, 1.82) is 0 Å². The van der Waals surface area contributed by atoms with Crippen LogP contribution >= 0.6 is 0 Å². The number of anilines is 3. The predicted octanol–water partition coefficient (Wildman–Crippen LogP) is 2.96. The number of nitrogens with zero attached hydrogens (tertiary/aromatic N) is 5. The van der Waals surface area contributed by atoms with Gasteiger partial charge in [-0.3, -0.25) is 14.9 Å². The van der Waals surface area contributed by atoms with Crippen molar-refractivity contribution in [3.05, 3.63) is 55.1 Å². The van der Waals surface area contributed by atoms with Gasteiger partial charge in [0.1, 0.15) is 0 Å². The first kappa shape index (κ1) is 20.4. The summed E-state index contributed by atoms with van der Waals surface area (Å²) in [7, 11) is -3.40. The molecule has 5 heterocycles. The van der Waals surface area contributed by atoms with Crippen LogP contribution in [0.3, 0.4) is 0 Å². The van der Waals surface area contributed by atoms with Crippen molar-refractivity contribution in [3.63, 3.8) is 0 Å². The van der Waals surface area contributed by atoms with Gasteiger partial charge in [-0.15, -0.1) is 0 Å². The van der Waals surface area contributed by atoms with Gasteiger partial charge in [-0.25, -0.2) is 18.2 Å². The highest BCUT2D eigenvalue weighted by molar-refractivity contribution is 7.90. The predicted molar refractivity (Wildman–Crippen MR) is 122 cm³/mol. The van der Waals surface area contributed by atoms with Crippen molar-refractivity contribution >= 4 is 33.1 Å². The van der Waals surface area contributed by atoms with E-state index in [1.807, 2.05) is 12.1 Å². The third kappa shape index (κ3) is 3.77. The summed E-state index contributed by atoms with van der Waals surface area (Å²) in [6.45, 7) is 1.66. The van der Waals surface area contributed by atoms with Crippen molar-refractivity contribution in [3.8, 4) is 11.3 Å². The molecule has 10 heteroatoms. The minimum absolute atomic E-state index is 0.00356. The molecule has 0 unspecified atom stereocenters.